The Balaban J connectivity index is 1.34. The van der Waals surface area contributed by atoms with Crippen LogP contribution in [0.2, 0.25) is 5.02 Å². The van der Waals surface area contributed by atoms with Crippen molar-refractivity contribution in [2.75, 3.05) is 26.3 Å². The number of hydrogen-bond acceptors (Lipinski definition) is 4. The largest absolute Gasteiger partial charge is 0.484 e. The second-order valence-corrected chi connectivity index (χ2v) is 8.08. The fraction of sp³-hybridized carbons (Fsp3) is 0.417. The molecule has 1 aliphatic heterocycles. The monoisotopic (exact) mass is 444 g/mol. The van der Waals surface area contributed by atoms with Crippen molar-refractivity contribution >= 4 is 23.4 Å². The Morgan fingerprint density at radius 2 is 1.55 bits per heavy atom. The molecule has 3 rings (SSSR count). The van der Waals surface area contributed by atoms with Gasteiger partial charge in [-0.1, -0.05) is 37.1 Å². The summed E-state index contributed by atoms with van der Waals surface area (Å²) in [5.74, 6) is 1.10. The minimum atomic E-state index is -0.172. The molecule has 1 N–H and O–H groups in total. The summed E-state index contributed by atoms with van der Waals surface area (Å²) in [7, 11) is 0. The van der Waals surface area contributed by atoms with E-state index < -0.39 is 0 Å². The maximum Gasteiger partial charge on any atom is 0.260 e. The number of piperidine rings is 1. The summed E-state index contributed by atoms with van der Waals surface area (Å²) in [6.07, 6.45) is 3.57. The molecule has 7 heteroatoms. The van der Waals surface area contributed by atoms with Crippen molar-refractivity contribution in [3.63, 3.8) is 0 Å². The summed E-state index contributed by atoms with van der Waals surface area (Å²) in [4.78, 5) is 26.4. The number of carbonyl (C=O) groups is 2. The first kappa shape index (κ1) is 22.9. The highest BCUT2D eigenvalue weighted by Gasteiger charge is 2.24. The van der Waals surface area contributed by atoms with Crippen molar-refractivity contribution in [3.05, 3.63) is 59.1 Å². The third-order valence-corrected chi connectivity index (χ3v) is 5.47. The lowest BCUT2D eigenvalue weighted by Crippen LogP contribution is -2.48. The van der Waals surface area contributed by atoms with Crippen LogP contribution < -0.4 is 14.8 Å². The van der Waals surface area contributed by atoms with Gasteiger partial charge in [-0.25, -0.2) is 0 Å². The van der Waals surface area contributed by atoms with E-state index in [-0.39, 0.29) is 31.1 Å². The van der Waals surface area contributed by atoms with Crippen LogP contribution in [-0.4, -0.2) is 49.1 Å². The summed E-state index contributed by atoms with van der Waals surface area (Å²) in [5, 5.41) is 3.59. The molecule has 0 atom stereocenters. The molecule has 0 bridgehead atoms. The van der Waals surface area contributed by atoms with Gasteiger partial charge in [0.05, 0.1) is 0 Å². The number of amides is 2. The lowest BCUT2D eigenvalue weighted by molar-refractivity contribution is -0.134. The Hall–Kier alpha value is -2.73. The first-order valence-electron chi connectivity index (χ1n) is 10.7. The van der Waals surface area contributed by atoms with Crippen molar-refractivity contribution in [2.45, 2.75) is 38.6 Å². The van der Waals surface area contributed by atoms with Gasteiger partial charge in [-0.3, -0.25) is 9.59 Å². The van der Waals surface area contributed by atoms with E-state index in [1.807, 2.05) is 24.3 Å². The second kappa shape index (κ2) is 11.6. The van der Waals surface area contributed by atoms with Gasteiger partial charge in [-0.15, -0.1) is 0 Å². The second-order valence-electron chi connectivity index (χ2n) is 7.65. The average molecular weight is 445 g/mol. The molecule has 1 fully saturated rings. The molecule has 31 heavy (non-hydrogen) atoms. The van der Waals surface area contributed by atoms with E-state index in [2.05, 4.69) is 12.2 Å². The van der Waals surface area contributed by atoms with Crippen LogP contribution in [0.3, 0.4) is 0 Å². The summed E-state index contributed by atoms with van der Waals surface area (Å²) >= 11 is 5.83. The smallest absolute Gasteiger partial charge is 0.260 e. The van der Waals surface area contributed by atoms with Gasteiger partial charge in [0.2, 0.25) is 0 Å². The fourth-order valence-corrected chi connectivity index (χ4v) is 3.63. The minimum Gasteiger partial charge on any atom is -0.484 e. The average Bonchev–Trinajstić information content (AvgIpc) is 2.79. The molecule has 0 radical (unpaired) electrons. The van der Waals surface area contributed by atoms with E-state index in [1.165, 1.54) is 5.56 Å². The topological polar surface area (TPSA) is 67.9 Å². The van der Waals surface area contributed by atoms with Crippen LogP contribution in [0.4, 0.5) is 0 Å². The number of hydrogen-bond donors (Lipinski definition) is 1. The van der Waals surface area contributed by atoms with E-state index in [1.54, 1.807) is 29.2 Å². The lowest BCUT2D eigenvalue weighted by atomic mass is 10.1. The SMILES string of the molecule is CCCc1ccc(OCC(=O)N2CCC(NC(=O)COc3ccc(Cl)cc3)CC2)cc1. The third-order valence-electron chi connectivity index (χ3n) is 5.22. The molecular weight excluding hydrogens is 416 g/mol. The van der Waals surface area contributed by atoms with E-state index in [0.717, 1.165) is 12.8 Å². The van der Waals surface area contributed by atoms with Crippen molar-refractivity contribution in [3.8, 4) is 11.5 Å². The maximum absolute atomic E-state index is 12.4. The van der Waals surface area contributed by atoms with E-state index in [4.69, 9.17) is 21.1 Å². The van der Waals surface area contributed by atoms with Crippen LogP contribution in [0.1, 0.15) is 31.7 Å². The van der Waals surface area contributed by atoms with Crippen LogP contribution in [0, 0.1) is 0 Å². The molecule has 1 heterocycles. The summed E-state index contributed by atoms with van der Waals surface area (Å²) in [5.41, 5.74) is 1.27. The molecule has 0 aromatic heterocycles. The molecule has 0 spiro atoms. The molecule has 2 aromatic rings. The zero-order valence-corrected chi connectivity index (χ0v) is 18.6. The molecule has 0 saturated carbocycles. The first-order chi connectivity index (χ1) is 15.0. The molecule has 0 aliphatic carbocycles. The number of likely N-dealkylation sites (tertiary alicyclic amines) is 1. The van der Waals surface area contributed by atoms with Gasteiger partial charge in [0.25, 0.3) is 11.8 Å². The standard InChI is InChI=1S/C24H29ClN2O4/c1-2-3-18-4-8-21(9-5-18)31-17-24(29)27-14-12-20(13-15-27)26-23(28)16-30-22-10-6-19(25)7-11-22/h4-11,20H,2-3,12-17H2,1H3,(H,26,28). The molecular formula is C24H29ClN2O4. The third kappa shape index (κ3) is 7.47. The van der Waals surface area contributed by atoms with Gasteiger partial charge < -0.3 is 19.7 Å². The number of nitrogens with one attached hydrogen (secondary N) is 1. The summed E-state index contributed by atoms with van der Waals surface area (Å²) in [6.45, 7) is 3.32. The zero-order chi connectivity index (χ0) is 22.1. The Morgan fingerprint density at radius 3 is 2.16 bits per heavy atom. The zero-order valence-electron chi connectivity index (χ0n) is 17.8. The molecule has 1 aliphatic rings. The number of benzene rings is 2. The van der Waals surface area contributed by atoms with Gasteiger partial charge in [0.15, 0.2) is 13.2 Å². The number of rotatable bonds is 9. The Labute approximate surface area is 188 Å². The summed E-state index contributed by atoms with van der Waals surface area (Å²) < 4.78 is 11.1. The van der Waals surface area contributed by atoms with Crippen molar-refractivity contribution < 1.29 is 19.1 Å². The minimum absolute atomic E-state index is 0.0269. The number of nitrogens with zero attached hydrogens (tertiary/aromatic N) is 1. The van der Waals surface area contributed by atoms with Crippen molar-refractivity contribution in [1.29, 1.82) is 0 Å². The highest BCUT2D eigenvalue weighted by Crippen LogP contribution is 2.16. The predicted octanol–water partition coefficient (Wildman–Crippen LogP) is 3.86. The first-order valence-corrected chi connectivity index (χ1v) is 11.1. The van der Waals surface area contributed by atoms with E-state index >= 15 is 0 Å². The lowest BCUT2D eigenvalue weighted by Gasteiger charge is -2.32. The van der Waals surface area contributed by atoms with Gasteiger partial charge in [-0.2, -0.15) is 0 Å². The van der Waals surface area contributed by atoms with Gasteiger partial charge in [0.1, 0.15) is 11.5 Å². The summed E-state index contributed by atoms with van der Waals surface area (Å²) in [6, 6.07) is 14.8. The predicted molar refractivity (Wildman–Crippen MR) is 121 cm³/mol. The van der Waals surface area contributed by atoms with Crippen LogP contribution in [0.15, 0.2) is 48.5 Å². The Kier molecular flexibility index (Phi) is 8.59. The number of aryl methyl sites for hydroxylation is 1. The molecule has 1 saturated heterocycles. The van der Waals surface area contributed by atoms with Crippen molar-refractivity contribution in [2.24, 2.45) is 0 Å². The molecule has 166 valence electrons. The van der Waals surface area contributed by atoms with Gasteiger partial charge >= 0.3 is 0 Å². The van der Waals surface area contributed by atoms with Gasteiger partial charge in [0, 0.05) is 24.2 Å². The fourth-order valence-electron chi connectivity index (χ4n) is 3.50. The molecule has 0 unspecified atom stereocenters. The number of halogens is 1. The molecule has 2 aromatic carbocycles. The molecule has 6 nitrogen and oxygen atoms in total. The molecule has 2 amide bonds. The number of ether oxygens (including phenoxy) is 2. The maximum atomic E-state index is 12.4. The highest BCUT2D eigenvalue weighted by molar-refractivity contribution is 6.30. The van der Waals surface area contributed by atoms with Crippen LogP contribution in [0.25, 0.3) is 0 Å². The van der Waals surface area contributed by atoms with Crippen LogP contribution in [0.5, 0.6) is 11.5 Å². The van der Waals surface area contributed by atoms with Gasteiger partial charge in [-0.05, 0) is 61.2 Å². The van der Waals surface area contributed by atoms with Crippen molar-refractivity contribution in [1.82, 2.24) is 10.2 Å². The number of carbonyl (C=O) groups excluding carboxylic acids is 2. The van der Waals surface area contributed by atoms with Crippen LogP contribution >= 0.6 is 11.6 Å². The highest BCUT2D eigenvalue weighted by atomic mass is 35.5. The normalized spacial score (nSPS) is 14.2. The Bertz CT molecular complexity index is 847. The van der Waals surface area contributed by atoms with E-state index in [9.17, 15) is 9.59 Å². The van der Waals surface area contributed by atoms with Crippen LogP contribution in [-0.2, 0) is 16.0 Å². The van der Waals surface area contributed by atoms with E-state index in [0.29, 0.717) is 42.5 Å². The Morgan fingerprint density at radius 1 is 0.968 bits per heavy atom. The quantitative estimate of drug-likeness (QED) is 0.637.